The number of amides is 3. The Labute approximate surface area is 198 Å². The van der Waals surface area contributed by atoms with Crippen LogP contribution in [0.4, 0.5) is 5.69 Å². The third-order valence-corrected chi connectivity index (χ3v) is 6.36. The van der Waals surface area contributed by atoms with Crippen LogP contribution in [0, 0.1) is 11.8 Å². The van der Waals surface area contributed by atoms with E-state index in [0.29, 0.717) is 49.0 Å². The normalized spacial score (nSPS) is 18.9. The van der Waals surface area contributed by atoms with Gasteiger partial charge in [0.15, 0.2) is 0 Å². The predicted octanol–water partition coefficient (Wildman–Crippen LogP) is 1.96. The van der Waals surface area contributed by atoms with Crippen LogP contribution >= 0.6 is 11.6 Å². The summed E-state index contributed by atoms with van der Waals surface area (Å²) in [4.78, 5) is 54.7. The first-order chi connectivity index (χ1) is 15.7. The van der Waals surface area contributed by atoms with Crippen molar-refractivity contribution in [3.8, 4) is 5.75 Å². The van der Waals surface area contributed by atoms with Crippen molar-refractivity contribution in [3.63, 3.8) is 0 Å². The van der Waals surface area contributed by atoms with Crippen LogP contribution in [0.3, 0.4) is 0 Å². The Bertz CT molecular complexity index is 915. The number of esters is 1. The van der Waals surface area contributed by atoms with Crippen LogP contribution in [0.1, 0.15) is 26.2 Å². The molecule has 1 aromatic rings. The quantitative estimate of drug-likeness (QED) is 0.555. The molecule has 180 valence electrons. The molecule has 2 aliphatic heterocycles. The van der Waals surface area contributed by atoms with Crippen LogP contribution in [-0.2, 0) is 23.9 Å². The molecule has 0 N–H and O–H groups in total. The number of nitrogens with zero attached hydrogens (tertiary/aromatic N) is 3. The average Bonchev–Trinajstić information content (AvgIpc) is 3.20. The lowest BCUT2D eigenvalue weighted by Gasteiger charge is -2.32. The van der Waals surface area contributed by atoms with Crippen LogP contribution in [-0.4, -0.2) is 80.4 Å². The van der Waals surface area contributed by atoms with Gasteiger partial charge in [0.25, 0.3) is 0 Å². The molecule has 0 saturated carbocycles. The molecule has 1 aromatic carbocycles. The fourth-order valence-corrected chi connectivity index (χ4v) is 4.46. The number of carbonyl (C=O) groups is 4. The van der Waals surface area contributed by atoms with E-state index in [1.807, 2.05) is 0 Å². The summed E-state index contributed by atoms with van der Waals surface area (Å²) in [6.45, 7) is 3.14. The summed E-state index contributed by atoms with van der Waals surface area (Å²) in [5, 5.41) is 0.461. The SMILES string of the molecule is CCOC(=O)C1CCN(C(=O)CN(C)C(=O)C2CC(=O)N(c3cc(Cl)ccc3OC)C2)CC1. The second-order valence-electron chi connectivity index (χ2n) is 8.32. The average molecular weight is 480 g/mol. The van der Waals surface area contributed by atoms with Gasteiger partial charge in [0.2, 0.25) is 17.7 Å². The highest BCUT2D eigenvalue weighted by molar-refractivity contribution is 6.31. The summed E-state index contributed by atoms with van der Waals surface area (Å²) in [5.41, 5.74) is 0.522. The van der Waals surface area contributed by atoms with E-state index in [9.17, 15) is 19.2 Å². The van der Waals surface area contributed by atoms with Gasteiger partial charge in [0, 0.05) is 38.1 Å². The zero-order valence-electron chi connectivity index (χ0n) is 19.2. The molecular formula is C23H30ClN3O6. The second-order valence-corrected chi connectivity index (χ2v) is 8.76. The fourth-order valence-electron chi connectivity index (χ4n) is 4.30. The van der Waals surface area contributed by atoms with Crippen molar-refractivity contribution < 1.29 is 28.7 Å². The van der Waals surface area contributed by atoms with E-state index in [1.54, 1.807) is 37.1 Å². The first kappa shape index (κ1) is 24.8. The molecule has 0 aliphatic carbocycles. The van der Waals surface area contributed by atoms with Crippen LogP contribution in [0.5, 0.6) is 5.75 Å². The van der Waals surface area contributed by atoms with Gasteiger partial charge < -0.3 is 24.2 Å². The van der Waals surface area contributed by atoms with E-state index in [-0.39, 0.29) is 49.1 Å². The number of methoxy groups -OCH3 is 1. The molecule has 1 unspecified atom stereocenters. The van der Waals surface area contributed by atoms with Crippen LogP contribution in [0.25, 0.3) is 0 Å². The largest absolute Gasteiger partial charge is 0.495 e. The Hall–Kier alpha value is -2.81. The van der Waals surface area contributed by atoms with Gasteiger partial charge in [-0.1, -0.05) is 11.6 Å². The topological polar surface area (TPSA) is 96.5 Å². The van der Waals surface area contributed by atoms with Crippen LogP contribution < -0.4 is 9.64 Å². The third-order valence-electron chi connectivity index (χ3n) is 6.12. The summed E-state index contributed by atoms with van der Waals surface area (Å²) in [6, 6.07) is 4.98. The third kappa shape index (κ3) is 5.76. The lowest BCUT2D eigenvalue weighted by atomic mass is 9.97. The first-order valence-corrected chi connectivity index (χ1v) is 11.5. The number of ether oxygens (including phenoxy) is 2. The summed E-state index contributed by atoms with van der Waals surface area (Å²) in [6.07, 6.45) is 1.16. The van der Waals surface area contributed by atoms with Crippen molar-refractivity contribution in [3.05, 3.63) is 23.2 Å². The van der Waals surface area contributed by atoms with Crippen LogP contribution in [0.2, 0.25) is 5.02 Å². The number of piperidine rings is 1. The van der Waals surface area contributed by atoms with Gasteiger partial charge in [-0.3, -0.25) is 19.2 Å². The molecule has 3 rings (SSSR count). The molecule has 1 atom stereocenters. The Morgan fingerprint density at radius 1 is 1.18 bits per heavy atom. The maximum absolute atomic E-state index is 13.0. The molecule has 0 spiro atoms. The molecule has 0 bridgehead atoms. The van der Waals surface area contributed by atoms with Crippen molar-refractivity contribution in [2.24, 2.45) is 11.8 Å². The second kappa shape index (κ2) is 10.9. The lowest BCUT2D eigenvalue weighted by Crippen LogP contribution is -2.46. The van der Waals surface area contributed by atoms with Crippen molar-refractivity contribution in [1.29, 1.82) is 0 Å². The minimum absolute atomic E-state index is 0.0535. The van der Waals surface area contributed by atoms with E-state index in [0.717, 1.165) is 0 Å². The van der Waals surface area contributed by atoms with E-state index >= 15 is 0 Å². The molecule has 0 aromatic heterocycles. The highest BCUT2D eigenvalue weighted by Gasteiger charge is 2.38. The van der Waals surface area contributed by atoms with Crippen molar-refractivity contribution in [1.82, 2.24) is 9.80 Å². The number of benzene rings is 1. The van der Waals surface area contributed by atoms with Gasteiger partial charge in [-0.25, -0.2) is 0 Å². The molecule has 2 aliphatic rings. The molecule has 3 amide bonds. The van der Waals surface area contributed by atoms with E-state index in [1.165, 1.54) is 16.9 Å². The van der Waals surface area contributed by atoms with E-state index in [4.69, 9.17) is 21.1 Å². The molecule has 2 saturated heterocycles. The van der Waals surface area contributed by atoms with Gasteiger partial charge in [0.1, 0.15) is 5.75 Å². The zero-order valence-corrected chi connectivity index (χ0v) is 20.0. The number of anilines is 1. The first-order valence-electron chi connectivity index (χ1n) is 11.1. The van der Waals surface area contributed by atoms with Gasteiger partial charge in [-0.05, 0) is 38.0 Å². The molecule has 2 fully saturated rings. The van der Waals surface area contributed by atoms with Gasteiger partial charge in [-0.15, -0.1) is 0 Å². The summed E-state index contributed by atoms with van der Waals surface area (Å²) in [7, 11) is 3.07. The Morgan fingerprint density at radius 2 is 1.88 bits per heavy atom. The summed E-state index contributed by atoms with van der Waals surface area (Å²) in [5.74, 6) is -1.11. The van der Waals surface area contributed by atoms with E-state index in [2.05, 4.69) is 0 Å². The zero-order chi connectivity index (χ0) is 24.1. The summed E-state index contributed by atoms with van der Waals surface area (Å²) < 4.78 is 10.4. The maximum Gasteiger partial charge on any atom is 0.309 e. The Kier molecular flexibility index (Phi) is 8.18. The van der Waals surface area contributed by atoms with Crippen molar-refractivity contribution in [2.75, 3.05) is 51.8 Å². The standard InChI is InChI=1S/C23H30ClN3O6/c1-4-33-23(31)15-7-9-26(10-8-15)21(29)14-25(2)22(30)16-11-20(28)27(13-16)18-12-17(24)5-6-19(18)32-3/h5-6,12,15-16H,4,7-11,13-14H2,1-3H3. The van der Waals surface area contributed by atoms with Crippen LogP contribution in [0.15, 0.2) is 18.2 Å². The minimum atomic E-state index is -0.562. The maximum atomic E-state index is 13.0. The number of carbonyl (C=O) groups excluding carboxylic acids is 4. The van der Waals surface area contributed by atoms with E-state index < -0.39 is 5.92 Å². The minimum Gasteiger partial charge on any atom is -0.495 e. The predicted molar refractivity (Wildman–Crippen MR) is 122 cm³/mol. The number of hydrogen-bond acceptors (Lipinski definition) is 6. The highest BCUT2D eigenvalue weighted by Crippen LogP contribution is 2.35. The smallest absolute Gasteiger partial charge is 0.309 e. The number of hydrogen-bond donors (Lipinski definition) is 0. The highest BCUT2D eigenvalue weighted by atomic mass is 35.5. The number of rotatable bonds is 7. The molecular weight excluding hydrogens is 450 g/mol. The van der Waals surface area contributed by atoms with Crippen molar-refractivity contribution in [2.45, 2.75) is 26.2 Å². The molecule has 33 heavy (non-hydrogen) atoms. The molecule has 0 radical (unpaired) electrons. The van der Waals surface area contributed by atoms with Gasteiger partial charge in [0.05, 0.1) is 37.8 Å². The van der Waals surface area contributed by atoms with Gasteiger partial charge >= 0.3 is 5.97 Å². The monoisotopic (exact) mass is 479 g/mol. The summed E-state index contributed by atoms with van der Waals surface area (Å²) >= 11 is 6.09. The number of likely N-dealkylation sites (N-methyl/N-ethyl adjacent to an activating group) is 1. The number of halogens is 1. The molecule has 10 heteroatoms. The lowest BCUT2D eigenvalue weighted by molar-refractivity contribution is -0.151. The Morgan fingerprint density at radius 3 is 2.52 bits per heavy atom. The fraction of sp³-hybridized carbons (Fsp3) is 0.565. The Balaban J connectivity index is 1.55. The molecule has 9 nitrogen and oxygen atoms in total. The number of likely N-dealkylation sites (tertiary alicyclic amines) is 1. The van der Waals surface area contributed by atoms with Gasteiger partial charge in [-0.2, -0.15) is 0 Å². The van der Waals surface area contributed by atoms with Crippen molar-refractivity contribution >= 4 is 41.0 Å². The molecule has 2 heterocycles.